The van der Waals surface area contributed by atoms with Crippen LogP contribution in [0.2, 0.25) is 0 Å². The summed E-state index contributed by atoms with van der Waals surface area (Å²) in [5.74, 6) is -2.08. The summed E-state index contributed by atoms with van der Waals surface area (Å²) >= 11 is 0. The van der Waals surface area contributed by atoms with E-state index in [1.165, 1.54) is 12.5 Å². The first-order valence-corrected chi connectivity index (χ1v) is 10.7. The van der Waals surface area contributed by atoms with Gasteiger partial charge in [0.2, 0.25) is 6.29 Å². The molecule has 1 saturated carbocycles. The molecule has 1 aliphatic heterocycles. The van der Waals surface area contributed by atoms with E-state index in [1.54, 1.807) is 0 Å². The maximum atomic E-state index is 12.5. The van der Waals surface area contributed by atoms with Gasteiger partial charge in [-0.3, -0.25) is 9.59 Å². The normalized spacial score (nSPS) is 19.8. The second-order valence-corrected chi connectivity index (χ2v) is 7.97. The number of carbonyl (C=O) groups excluding carboxylic acids is 2. The minimum atomic E-state index is -1.03. The molecule has 1 heterocycles. The minimum absolute atomic E-state index is 0.00819. The van der Waals surface area contributed by atoms with Crippen LogP contribution < -0.4 is 5.32 Å². The monoisotopic (exact) mass is 427 g/mol. The van der Waals surface area contributed by atoms with E-state index in [4.69, 9.17) is 18.9 Å². The number of rotatable bonds is 11. The summed E-state index contributed by atoms with van der Waals surface area (Å²) in [5, 5.41) is 11.9. The van der Waals surface area contributed by atoms with Gasteiger partial charge in [-0.1, -0.05) is 33.1 Å². The second kappa shape index (κ2) is 11.7. The summed E-state index contributed by atoms with van der Waals surface area (Å²) in [5.41, 5.74) is -0.461. The number of amides is 1. The van der Waals surface area contributed by atoms with Crippen molar-refractivity contribution in [3.63, 3.8) is 0 Å². The Hall–Kier alpha value is -2.45. The van der Waals surface area contributed by atoms with E-state index in [1.807, 2.05) is 13.8 Å². The first kappa shape index (κ1) is 23.8. The van der Waals surface area contributed by atoms with Crippen molar-refractivity contribution in [3.05, 3.63) is 12.5 Å². The van der Waals surface area contributed by atoms with Gasteiger partial charge in [-0.25, -0.2) is 4.79 Å². The Morgan fingerprint density at radius 1 is 1.13 bits per heavy atom. The van der Waals surface area contributed by atoms with Crippen LogP contribution in [0.3, 0.4) is 0 Å². The number of ether oxygens (including phenoxy) is 4. The molecule has 9 nitrogen and oxygen atoms in total. The minimum Gasteiger partial charge on any atom is -0.481 e. The maximum Gasteiger partial charge on any atom is 0.410 e. The van der Waals surface area contributed by atoms with Crippen molar-refractivity contribution >= 4 is 18.0 Å². The van der Waals surface area contributed by atoms with Gasteiger partial charge in [-0.05, 0) is 31.1 Å². The average molecular weight is 427 g/mol. The van der Waals surface area contributed by atoms with E-state index in [9.17, 15) is 19.5 Å². The molecule has 2 aliphatic rings. The van der Waals surface area contributed by atoms with Gasteiger partial charge in [-0.15, -0.1) is 0 Å². The molecule has 1 amide bonds. The summed E-state index contributed by atoms with van der Waals surface area (Å²) in [6.07, 6.45) is 6.12. The van der Waals surface area contributed by atoms with Crippen LogP contribution in [0.4, 0.5) is 4.79 Å². The lowest BCUT2D eigenvalue weighted by Gasteiger charge is -2.36. The molecular formula is C21H33NO8. The van der Waals surface area contributed by atoms with E-state index >= 15 is 0 Å². The van der Waals surface area contributed by atoms with Gasteiger partial charge in [0, 0.05) is 13.0 Å². The molecule has 0 saturated heterocycles. The lowest BCUT2D eigenvalue weighted by Crippen LogP contribution is -2.42. The van der Waals surface area contributed by atoms with Crippen molar-refractivity contribution in [1.29, 1.82) is 0 Å². The van der Waals surface area contributed by atoms with Crippen molar-refractivity contribution in [2.45, 2.75) is 84.2 Å². The number of hydrogen-bond donors (Lipinski definition) is 2. The molecule has 0 spiro atoms. The topological polar surface area (TPSA) is 120 Å². The fraction of sp³-hybridized carbons (Fsp3) is 0.762. The van der Waals surface area contributed by atoms with Gasteiger partial charge in [0.05, 0.1) is 6.42 Å². The fourth-order valence-electron chi connectivity index (χ4n) is 3.96. The van der Waals surface area contributed by atoms with Crippen LogP contribution in [-0.2, 0) is 28.5 Å². The SMILES string of the molecule is CCCC(OC(=O)NCC1(CC(=O)O)CCCCC1)OC(=O)C(CC)C1OC=CO1. The highest BCUT2D eigenvalue weighted by molar-refractivity contribution is 5.73. The van der Waals surface area contributed by atoms with Crippen molar-refractivity contribution in [2.24, 2.45) is 11.3 Å². The molecular weight excluding hydrogens is 394 g/mol. The number of aliphatic carboxylic acids is 1. The van der Waals surface area contributed by atoms with Gasteiger partial charge in [-0.2, -0.15) is 0 Å². The van der Waals surface area contributed by atoms with E-state index < -0.39 is 41.9 Å². The van der Waals surface area contributed by atoms with Crippen LogP contribution in [0.1, 0.15) is 71.6 Å². The molecule has 1 fully saturated rings. The third-order valence-electron chi connectivity index (χ3n) is 5.61. The molecule has 0 aromatic heterocycles. The first-order chi connectivity index (χ1) is 14.4. The number of esters is 1. The Kier molecular flexibility index (Phi) is 9.26. The van der Waals surface area contributed by atoms with Crippen LogP contribution in [0, 0.1) is 11.3 Å². The zero-order valence-electron chi connectivity index (χ0n) is 17.8. The third-order valence-corrected chi connectivity index (χ3v) is 5.61. The smallest absolute Gasteiger partial charge is 0.410 e. The van der Waals surface area contributed by atoms with Crippen LogP contribution in [0.5, 0.6) is 0 Å². The fourth-order valence-corrected chi connectivity index (χ4v) is 3.96. The standard InChI is InChI=1S/C21H33NO8/c1-3-8-17(29-18(25)15(4-2)19-27-11-12-28-19)30-20(26)22-14-21(13-16(23)24)9-6-5-7-10-21/h11-12,15,17,19H,3-10,13-14H2,1-2H3,(H,22,26)(H,23,24). The number of hydrogen-bond acceptors (Lipinski definition) is 7. The Bertz CT molecular complexity index is 606. The lowest BCUT2D eigenvalue weighted by molar-refractivity contribution is -0.185. The maximum absolute atomic E-state index is 12.5. The summed E-state index contributed by atoms with van der Waals surface area (Å²) in [6, 6.07) is 0. The van der Waals surface area contributed by atoms with Gasteiger partial charge < -0.3 is 29.4 Å². The lowest BCUT2D eigenvalue weighted by atomic mass is 9.72. The van der Waals surface area contributed by atoms with Crippen LogP contribution in [-0.4, -0.2) is 42.3 Å². The molecule has 0 radical (unpaired) electrons. The van der Waals surface area contributed by atoms with E-state index in [0.29, 0.717) is 19.3 Å². The first-order valence-electron chi connectivity index (χ1n) is 10.7. The highest BCUT2D eigenvalue weighted by atomic mass is 16.7. The molecule has 1 aliphatic carbocycles. The molecule has 2 rings (SSSR count). The van der Waals surface area contributed by atoms with Crippen molar-refractivity contribution in [2.75, 3.05) is 6.54 Å². The highest BCUT2D eigenvalue weighted by Gasteiger charge is 2.36. The predicted octanol–water partition coefficient (Wildman–Crippen LogP) is 3.68. The molecule has 0 aromatic carbocycles. The highest BCUT2D eigenvalue weighted by Crippen LogP contribution is 2.38. The summed E-state index contributed by atoms with van der Waals surface area (Å²) in [7, 11) is 0. The molecule has 0 aromatic rings. The van der Waals surface area contributed by atoms with Crippen molar-refractivity contribution in [3.8, 4) is 0 Å². The summed E-state index contributed by atoms with van der Waals surface area (Å²) in [6.45, 7) is 3.92. The summed E-state index contributed by atoms with van der Waals surface area (Å²) in [4.78, 5) is 36.1. The molecule has 2 atom stereocenters. The number of nitrogens with one attached hydrogen (secondary N) is 1. The number of carboxylic acids is 1. The van der Waals surface area contributed by atoms with Gasteiger partial charge in [0.1, 0.15) is 18.4 Å². The Labute approximate surface area is 177 Å². The predicted molar refractivity (Wildman–Crippen MR) is 106 cm³/mol. The second-order valence-electron chi connectivity index (χ2n) is 7.97. The van der Waals surface area contributed by atoms with Gasteiger partial charge in [0.25, 0.3) is 6.29 Å². The number of alkyl carbamates (subject to hydrolysis) is 1. The van der Waals surface area contributed by atoms with E-state index in [2.05, 4.69) is 5.32 Å². The average Bonchev–Trinajstić information content (AvgIpc) is 3.22. The van der Waals surface area contributed by atoms with Crippen LogP contribution >= 0.6 is 0 Å². The van der Waals surface area contributed by atoms with E-state index in [-0.39, 0.29) is 13.0 Å². The Morgan fingerprint density at radius 2 is 1.80 bits per heavy atom. The zero-order chi connectivity index (χ0) is 22.0. The molecule has 0 bridgehead atoms. The third kappa shape index (κ3) is 7.11. The number of carboxylic acid groups (broad SMARTS) is 1. The molecule has 2 N–H and O–H groups in total. The van der Waals surface area contributed by atoms with Crippen molar-refractivity contribution in [1.82, 2.24) is 5.32 Å². The molecule has 30 heavy (non-hydrogen) atoms. The molecule has 170 valence electrons. The quantitative estimate of drug-likeness (QED) is 0.378. The Morgan fingerprint density at radius 3 is 2.37 bits per heavy atom. The number of carbonyl (C=O) groups is 3. The molecule has 9 heteroatoms. The van der Waals surface area contributed by atoms with E-state index in [0.717, 1.165) is 32.1 Å². The van der Waals surface area contributed by atoms with Crippen LogP contribution in [0.25, 0.3) is 0 Å². The van der Waals surface area contributed by atoms with Crippen molar-refractivity contribution < 1.29 is 38.4 Å². The zero-order valence-corrected chi connectivity index (χ0v) is 17.8. The summed E-state index contributed by atoms with van der Waals surface area (Å²) < 4.78 is 21.2. The molecule has 2 unspecified atom stereocenters. The van der Waals surface area contributed by atoms with Gasteiger partial charge in [0.15, 0.2) is 0 Å². The van der Waals surface area contributed by atoms with Gasteiger partial charge >= 0.3 is 18.0 Å². The Balaban J connectivity index is 1.89. The largest absolute Gasteiger partial charge is 0.481 e. The van der Waals surface area contributed by atoms with Crippen LogP contribution in [0.15, 0.2) is 12.5 Å².